The molecule has 0 saturated heterocycles. The number of allylic oxidation sites excluding steroid dienone is 1. The van der Waals surface area contributed by atoms with Gasteiger partial charge in [-0.1, -0.05) is 67.1 Å². The van der Waals surface area contributed by atoms with E-state index in [0.717, 1.165) is 51.2 Å². The Hall–Kier alpha value is -3.80. The Morgan fingerprint density at radius 2 is 1.84 bits per heavy atom. The number of hydrogen-bond donors (Lipinski definition) is 1. The maximum absolute atomic E-state index is 7.34. The molecule has 3 aromatic carbocycles. The van der Waals surface area contributed by atoms with Crippen molar-refractivity contribution in [3.63, 3.8) is 0 Å². The number of nitrogens with zero attached hydrogens (tertiary/aromatic N) is 4. The normalized spacial score (nSPS) is 13.9. The number of aromatic nitrogens is 2. The lowest BCUT2D eigenvalue weighted by molar-refractivity contribution is 0.595. The van der Waals surface area contributed by atoms with Gasteiger partial charge in [-0.05, 0) is 83.5 Å². The van der Waals surface area contributed by atoms with Crippen LogP contribution in [0.3, 0.4) is 0 Å². The summed E-state index contributed by atoms with van der Waals surface area (Å²) in [6, 6.07) is 22.7. The minimum atomic E-state index is -0.958. The van der Waals surface area contributed by atoms with Crippen LogP contribution in [0.1, 0.15) is 52.9 Å². The van der Waals surface area contributed by atoms with Gasteiger partial charge in [-0.3, -0.25) is 0 Å². The molecule has 4 rings (SSSR count). The monoisotopic (exact) mass is 509 g/mol. The summed E-state index contributed by atoms with van der Waals surface area (Å²) in [6.45, 7) is 9.71. The smallest absolute Gasteiger partial charge is 0.109 e. The molecule has 2 N–H and O–H groups in total. The van der Waals surface area contributed by atoms with Crippen LogP contribution in [0.15, 0.2) is 95.5 Å². The Bertz CT molecular complexity index is 1480. The van der Waals surface area contributed by atoms with E-state index in [4.69, 9.17) is 17.3 Å². The molecule has 0 aliphatic carbocycles. The lowest BCUT2D eigenvalue weighted by Crippen LogP contribution is -2.41. The van der Waals surface area contributed by atoms with E-state index in [-0.39, 0.29) is 0 Å². The average Bonchev–Trinajstić information content (AvgIpc) is 3.34. The van der Waals surface area contributed by atoms with Crippen molar-refractivity contribution in [2.75, 3.05) is 0 Å². The first-order valence-electron chi connectivity index (χ1n) is 12.2. The van der Waals surface area contributed by atoms with Crippen molar-refractivity contribution in [3.05, 3.63) is 129 Å². The number of rotatable bonds is 8. The van der Waals surface area contributed by atoms with E-state index in [9.17, 15) is 0 Å². The highest BCUT2D eigenvalue weighted by Crippen LogP contribution is 2.37. The molecule has 37 heavy (non-hydrogen) atoms. The molecule has 0 spiro atoms. The summed E-state index contributed by atoms with van der Waals surface area (Å²) in [5.74, 6) is 0. The third kappa shape index (κ3) is 5.33. The predicted octanol–water partition coefficient (Wildman–Crippen LogP) is 6.70. The minimum absolute atomic E-state index is 0.660. The summed E-state index contributed by atoms with van der Waals surface area (Å²) < 4.78 is 1.96. The summed E-state index contributed by atoms with van der Waals surface area (Å²) in [7, 11) is 1.96. The number of aryl methyl sites for hydroxylation is 3. The second kappa shape index (κ2) is 11.1. The molecule has 5 nitrogen and oxygen atoms in total. The van der Waals surface area contributed by atoms with E-state index in [1.54, 1.807) is 6.33 Å². The van der Waals surface area contributed by atoms with Gasteiger partial charge in [0.15, 0.2) is 0 Å². The largest absolute Gasteiger partial charge is 0.336 e. The van der Waals surface area contributed by atoms with Crippen LogP contribution in [0.2, 0.25) is 5.02 Å². The Balaban J connectivity index is 1.99. The maximum atomic E-state index is 7.34. The van der Waals surface area contributed by atoms with E-state index >= 15 is 0 Å². The predicted molar refractivity (Wildman–Crippen MR) is 155 cm³/mol. The van der Waals surface area contributed by atoms with Gasteiger partial charge in [0.25, 0.3) is 0 Å². The first kappa shape index (κ1) is 26.3. The maximum Gasteiger partial charge on any atom is 0.109 e. The van der Waals surface area contributed by atoms with E-state index in [0.29, 0.717) is 5.02 Å². The molecule has 0 bridgehead atoms. The molecule has 1 heterocycles. The highest BCUT2D eigenvalue weighted by atomic mass is 35.5. The molecule has 1 aromatic heterocycles. The van der Waals surface area contributed by atoms with Gasteiger partial charge >= 0.3 is 0 Å². The number of halogens is 1. The van der Waals surface area contributed by atoms with Crippen LogP contribution in [0.25, 0.3) is 5.57 Å². The zero-order chi connectivity index (χ0) is 26.6. The number of imidazole rings is 1. The summed E-state index contributed by atoms with van der Waals surface area (Å²) in [5, 5.41) is 8.56. The molecule has 0 radical (unpaired) electrons. The fourth-order valence-corrected chi connectivity index (χ4v) is 4.82. The second-order valence-corrected chi connectivity index (χ2v) is 9.67. The van der Waals surface area contributed by atoms with E-state index in [2.05, 4.69) is 84.3 Å². The Morgan fingerprint density at radius 1 is 1.11 bits per heavy atom. The molecule has 0 fully saturated rings. The van der Waals surface area contributed by atoms with Crippen LogP contribution in [-0.2, 0) is 19.0 Å². The average molecular weight is 510 g/mol. The summed E-state index contributed by atoms with van der Waals surface area (Å²) >= 11 is 6.23. The van der Waals surface area contributed by atoms with Crippen LogP contribution in [-0.4, -0.2) is 22.0 Å². The van der Waals surface area contributed by atoms with Crippen LogP contribution < -0.4 is 5.73 Å². The third-order valence-corrected chi connectivity index (χ3v) is 6.98. The van der Waals surface area contributed by atoms with Crippen molar-refractivity contribution in [1.82, 2.24) is 9.55 Å². The Labute approximate surface area is 224 Å². The Kier molecular flexibility index (Phi) is 7.86. The third-order valence-electron chi connectivity index (χ3n) is 6.73. The highest BCUT2D eigenvalue weighted by molar-refractivity contribution is 6.30. The van der Waals surface area contributed by atoms with Gasteiger partial charge in [0.1, 0.15) is 5.54 Å². The van der Waals surface area contributed by atoms with Crippen LogP contribution in [0.4, 0.5) is 0 Å². The van der Waals surface area contributed by atoms with Crippen molar-refractivity contribution >= 4 is 29.6 Å². The molecule has 0 amide bonds. The van der Waals surface area contributed by atoms with Crippen molar-refractivity contribution in [2.45, 2.75) is 32.7 Å². The van der Waals surface area contributed by atoms with Crippen LogP contribution in [0, 0.1) is 6.92 Å². The fourth-order valence-electron chi connectivity index (χ4n) is 4.69. The lowest BCUT2D eigenvalue weighted by Gasteiger charge is -2.32. The molecule has 1 atom stereocenters. The number of nitrogens with two attached hydrogens (primary N) is 1. The molecule has 188 valence electrons. The van der Waals surface area contributed by atoms with Crippen LogP contribution >= 0.6 is 11.6 Å². The van der Waals surface area contributed by atoms with Crippen molar-refractivity contribution in [3.8, 4) is 0 Å². The van der Waals surface area contributed by atoms with Crippen molar-refractivity contribution in [1.29, 1.82) is 0 Å². The van der Waals surface area contributed by atoms with Gasteiger partial charge < -0.3 is 10.3 Å². The Morgan fingerprint density at radius 3 is 2.49 bits per heavy atom. The van der Waals surface area contributed by atoms with E-state index in [1.165, 1.54) is 5.56 Å². The molecule has 0 saturated carbocycles. The SMILES string of the molecule is C=N/N=C(C)/C=C(/c1cccc(CC)c1)c1cc(C(N)(c2ccc(Cl)cc2)c2cncn2C)ccc1C. The molecular formula is C31H32ClN5. The van der Waals surface area contributed by atoms with Gasteiger partial charge in [0, 0.05) is 18.8 Å². The first-order chi connectivity index (χ1) is 17.8. The van der Waals surface area contributed by atoms with Crippen molar-refractivity contribution in [2.24, 2.45) is 23.0 Å². The van der Waals surface area contributed by atoms with E-state index in [1.807, 2.05) is 49.0 Å². The quantitative estimate of drug-likeness (QED) is 0.212. The second-order valence-electron chi connectivity index (χ2n) is 9.23. The topological polar surface area (TPSA) is 68.6 Å². The zero-order valence-electron chi connectivity index (χ0n) is 21.7. The summed E-state index contributed by atoms with van der Waals surface area (Å²) in [4.78, 5) is 4.37. The van der Waals surface area contributed by atoms with Gasteiger partial charge in [-0.2, -0.15) is 10.2 Å². The summed E-state index contributed by atoms with van der Waals surface area (Å²) in [5.41, 5.74) is 15.5. The molecule has 0 aliphatic rings. The molecular weight excluding hydrogens is 478 g/mol. The fraction of sp³-hybridized carbons (Fsp3) is 0.194. The van der Waals surface area contributed by atoms with Gasteiger partial charge in [0.05, 0.1) is 23.9 Å². The minimum Gasteiger partial charge on any atom is -0.336 e. The number of benzene rings is 3. The lowest BCUT2D eigenvalue weighted by atomic mass is 9.79. The first-order valence-corrected chi connectivity index (χ1v) is 12.6. The molecule has 0 aliphatic heterocycles. The number of hydrogen-bond acceptors (Lipinski definition) is 4. The molecule has 4 aromatic rings. The van der Waals surface area contributed by atoms with Gasteiger partial charge in [0.2, 0.25) is 0 Å². The van der Waals surface area contributed by atoms with E-state index < -0.39 is 5.54 Å². The van der Waals surface area contributed by atoms with Gasteiger partial charge in [-0.15, -0.1) is 0 Å². The van der Waals surface area contributed by atoms with Gasteiger partial charge in [-0.25, -0.2) is 4.98 Å². The molecule has 1 unspecified atom stereocenters. The summed E-state index contributed by atoms with van der Waals surface area (Å²) in [6.07, 6.45) is 6.60. The van der Waals surface area contributed by atoms with Crippen LogP contribution in [0.5, 0.6) is 0 Å². The highest BCUT2D eigenvalue weighted by Gasteiger charge is 2.35. The standard InChI is InChI=1S/C31H32ClN5/c1-6-23-8-7-9-24(17-23)29(16-22(3)36-34-4)28-18-26(11-10-21(28)2)31(33,30-19-35-20-37(30)5)25-12-14-27(32)15-13-25/h7-20H,4,6,33H2,1-3,5H3/b29-16-,36-22+. The molecule has 6 heteroatoms. The van der Waals surface area contributed by atoms with Crippen molar-refractivity contribution < 1.29 is 0 Å². The zero-order valence-corrected chi connectivity index (χ0v) is 22.5.